The number of nitrogens with one attached hydrogen (secondary N) is 1. The first-order chi connectivity index (χ1) is 9.90. The molecule has 0 bridgehead atoms. The lowest BCUT2D eigenvalue weighted by Gasteiger charge is -2.22. The minimum absolute atomic E-state index is 0.392. The summed E-state index contributed by atoms with van der Waals surface area (Å²) in [6, 6.07) is 15.8. The first-order valence-corrected chi connectivity index (χ1v) is 7.80. The van der Waals surface area contributed by atoms with Crippen molar-refractivity contribution >= 4 is 10.8 Å². The first-order valence-electron chi connectivity index (χ1n) is 7.80. The minimum Gasteiger partial charge on any atom is -0.307 e. The van der Waals surface area contributed by atoms with E-state index in [9.17, 15) is 0 Å². The van der Waals surface area contributed by atoms with Gasteiger partial charge in [0.25, 0.3) is 0 Å². The Morgan fingerprint density at radius 1 is 1.10 bits per heavy atom. The van der Waals surface area contributed by atoms with E-state index in [4.69, 9.17) is 0 Å². The van der Waals surface area contributed by atoms with Crippen molar-refractivity contribution < 1.29 is 0 Å². The highest BCUT2D eigenvalue weighted by Crippen LogP contribution is 2.34. The lowest BCUT2D eigenvalue weighted by Crippen LogP contribution is -2.23. The Labute approximate surface area is 121 Å². The number of hydrogen-bond acceptors (Lipinski definition) is 1. The highest BCUT2D eigenvalue weighted by molar-refractivity contribution is 5.86. The fourth-order valence-electron chi connectivity index (χ4n) is 3.19. The van der Waals surface area contributed by atoms with Gasteiger partial charge in [-0.2, -0.15) is 0 Å². The zero-order chi connectivity index (χ0) is 13.8. The van der Waals surface area contributed by atoms with Crippen molar-refractivity contribution in [2.75, 3.05) is 6.54 Å². The molecule has 0 saturated heterocycles. The lowest BCUT2D eigenvalue weighted by atomic mass is 9.93. The van der Waals surface area contributed by atoms with Gasteiger partial charge in [0.2, 0.25) is 0 Å². The van der Waals surface area contributed by atoms with E-state index in [1.807, 2.05) is 0 Å². The van der Waals surface area contributed by atoms with Gasteiger partial charge >= 0.3 is 0 Å². The maximum atomic E-state index is 3.75. The average Bonchev–Trinajstić information content (AvgIpc) is 3.02. The van der Waals surface area contributed by atoms with Crippen molar-refractivity contribution in [2.24, 2.45) is 0 Å². The maximum absolute atomic E-state index is 3.75. The molecule has 2 aromatic rings. The molecule has 0 amide bonds. The molecule has 1 unspecified atom stereocenters. The fourth-order valence-corrected chi connectivity index (χ4v) is 3.19. The summed E-state index contributed by atoms with van der Waals surface area (Å²) in [6.07, 6.45) is 7.41. The molecule has 0 heterocycles. The van der Waals surface area contributed by atoms with Crippen LogP contribution in [0.5, 0.6) is 0 Å². The third kappa shape index (κ3) is 2.64. The molecule has 0 saturated carbocycles. The minimum atomic E-state index is 0.392. The molecule has 0 aliphatic heterocycles. The van der Waals surface area contributed by atoms with E-state index >= 15 is 0 Å². The Morgan fingerprint density at radius 3 is 2.75 bits per heavy atom. The van der Waals surface area contributed by atoms with Gasteiger partial charge in [0.05, 0.1) is 6.04 Å². The number of benzene rings is 2. The van der Waals surface area contributed by atoms with Crippen LogP contribution in [0.15, 0.2) is 54.1 Å². The van der Waals surface area contributed by atoms with E-state index in [0.29, 0.717) is 6.04 Å². The van der Waals surface area contributed by atoms with Gasteiger partial charge in [0.15, 0.2) is 0 Å². The van der Waals surface area contributed by atoms with Crippen molar-refractivity contribution in [2.45, 2.75) is 38.6 Å². The molecule has 1 nitrogen and oxygen atoms in total. The molecule has 1 aliphatic rings. The largest absolute Gasteiger partial charge is 0.307 e. The molecule has 0 spiro atoms. The van der Waals surface area contributed by atoms with Crippen LogP contribution in [-0.4, -0.2) is 6.54 Å². The Balaban J connectivity index is 2.04. The summed E-state index contributed by atoms with van der Waals surface area (Å²) in [5, 5.41) is 6.48. The van der Waals surface area contributed by atoms with Gasteiger partial charge in [-0.05, 0) is 48.6 Å². The van der Waals surface area contributed by atoms with Crippen LogP contribution in [0.3, 0.4) is 0 Å². The lowest BCUT2D eigenvalue weighted by molar-refractivity contribution is 0.581. The summed E-state index contributed by atoms with van der Waals surface area (Å²) in [5.74, 6) is 0. The standard InChI is InChI=1S/C19H23N/c1-2-14-20-19(16-9-3-4-10-16)18-13-7-11-15-8-5-6-12-17(15)18/h5-9,11-13,19-20H,2-4,10,14H2,1H3. The van der Waals surface area contributed by atoms with Crippen molar-refractivity contribution in [1.29, 1.82) is 0 Å². The Hall–Kier alpha value is -1.60. The summed E-state index contributed by atoms with van der Waals surface area (Å²) >= 11 is 0. The van der Waals surface area contributed by atoms with E-state index in [0.717, 1.165) is 6.54 Å². The van der Waals surface area contributed by atoms with E-state index in [1.165, 1.54) is 42.0 Å². The van der Waals surface area contributed by atoms with Crippen molar-refractivity contribution in [3.63, 3.8) is 0 Å². The van der Waals surface area contributed by atoms with Crippen molar-refractivity contribution in [1.82, 2.24) is 5.32 Å². The van der Waals surface area contributed by atoms with Crippen LogP contribution >= 0.6 is 0 Å². The van der Waals surface area contributed by atoms with E-state index in [-0.39, 0.29) is 0 Å². The van der Waals surface area contributed by atoms with Crippen LogP contribution in [0.1, 0.15) is 44.2 Å². The van der Waals surface area contributed by atoms with Crippen LogP contribution in [0.2, 0.25) is 0 Å². The summed E-state index contributed by atoms with van der Waals surface area (Å²) in [4.78, 5) is 0. The van der Waals surface area contributed by atoms with Crippen molar-refractivity contribution in [3.8, 4) is 0 Å². The molecule has 1 aliphatic carbocycles. The molecule has 3 rings (SSSR count). The predicted molar refractivity (Wildman–Crippen MR) is 86.9 cm³/mol. The van der Waals surface area contributed by atoms with Gasteiger partial charge in [-0.15, -0.1) is 0 Å². The summed E-state index contributed by atoms with van der Waals surface area (Å²) in [7, 11) is 0. The van der Waals surface area contributed by atoms with Crippen LogP contribution in [-0.2, 0) is 0 Å². The van der Waals surface area contributed by atoms with Crippen LogP contribution in [0, 0.1) is 0 Å². The Kier molecular flexibility index (Phi) is 4.17. The maximum Gasteiger partial charge on any atom is 0.0542 e. The highest BCUT2D eigenvalue weighted by atomic mass is 14.9. The molecule has 0 fully saturated rings. The summed E-state index contributed by atoms with van der Waals surface area (Å²) in [6.45, 7) is 3.31. The molecule has 0 radical (unpaired) electrons. The zero-order valence-corrected chi connectivity index (χ0v) is 12.2. The molecule has 1 atom stereocenters. The first kappa shape index (κ1) is 13.4. The van der Waals surface area contributed by atoms with E-state index in [2.05, 4.69) is 60.8 Å². The molecule has 104 valence electrons. The van der Waals surface area contributed by atoms with Crippen molar-refractivity contribution in [3.05, 3.63) is 59.7 Å². The average molecular weight is 265 g/mol. The second-order valence-electron chi connectivity index (χ2n) is 5.63. The zero-order valence-electron chi connectivity index (χ0n) is 12.2. The number of allylic oxidation sites excluding steroid dienone is 1. The highest BCUT2D eigenvalue weighted by Gasteiger charge is 2.19. The van der Waals surface area contributed by atoms with Gasteiger partial charge in [-0.3, -0.25) is 0 Å². The summed E-state index contributed by atoms with van der Waals surface area (Å²) < 4.78 is 0. The van der Waals surface area contributed by atoms with Gasteiger partial charge in [-0.25, -0.2) is 0 Å². The predicted octanol–water partition coefficient (Wildman–Crippen LogP) is 4.99. The quantitative estimate of drug-likeness (QED) is 0.751. The van der Waals surface area contributed by atoms with E-state index in [1.54, 1.807) is 5.57 Å². The second kappa shape index (κ2) is 6.23. The molecule has 1 heteroatoms. The monoisotopic (exact) mass is 265 g/mol. The van der Waals surface area contributed by atoms with Gasteiger partial charge in [-0.1, -0.05) is 61.0 Å². The fraction of sp³-hybridized carbons (Fsp3) is 0.368. The van der Waals surface area contributed by atoms with Crippen LogP contribution in [0.25, 0.3) is 10.8 Å². The Bertz CT molecular complexity index is 607. The second-order valence-corrected chi connectivity index (χ2v) is 5.63. The molecule has 2 aromatic carbocycles. The van der Waals surface area contributed by atoms with Gasteiger partial charge in [0.1, 0.15) is 0 Å². The topological polar surface area (TPSA) is 12.0 Å². The number of hydrogen-bond donors (Lipinski definition) is 1. The normalized spacial score (nSPS) is 16.4. The Morgan fingerprint density at radius 2 is 1.95 bits per heavy atom. The number of fused-ring (bicyclic) bond motifs is 1. The number of rotatable bonds is 5. The summed E-state index contributed by atoms with van der Waals surface area (Å²) in [5.41, 5.74) is 3.01. The molecule has 1 N–H and O–H groups in total. The van der Waals surface area contributed by atoms with Gasteiger partial charge in [0, 0.05) is 0 Å². The van der Waals surface area contributed by atoms with Crippen LogP contribution < -0.4 is 5.32 Å². The third-order valence-corrected chi connectivity index (χ3v) is 4.18. The molecular weight excluding hydrogens is 242 g/mol. The SMILES string of the molecule is CCCNC(C1=CCCC1)c1cccc2ccccc12. The third-order valence-electron chi connectivity index (χ3n) is 4.18. The van der Waals surface area contributed by atoms with Crippen LogP contribution in [0.4, 0.5) is 0 Å². The molecule has 20 heavy (non-hydrogen) atoms. The van der Waals surface area contributed by atoms with E-state index < -0.39 is 0 Å². The molecule has 0 aromatic heterocycles. The van der Waals surface area contributed by atoms with Gasteiger partial charge < -0.3 is 5.32 Å². The molecular formula is C19H23N. The smallest absolute Gasteiger partial charge is 0.0542 e.